The third kappa shape index (κ3) is 4.24. The molecule has 0 aliphatic rings. The Morgan fingerprint density at radius 2 is 1.58 bits per heavy atom. The number of nitrogens with one attached hydrogen (secondary N) is 2. The highest BCUT2D eigenvalue weighted by Crippen LogP contribution is 2.28. The first-order valence-corrected chi connectivity index (χ1v) is 7.16. The highest BCUT2D eigenvalue weighted by Gasteiger charge is 2.19. The molecular formula is C17H14F4N2O3. The molecule has 0 fully saturated rings. The van der Waals surface area contributed by atoms with Gasteiger partial charge in [0.25, 0.3) is 5.91 Å². The summed E-state index contributed by atoms with van der Waals surface area (Å²) in [5.74, 6) is -6.39. The number of halogens is 4. The predicted octanol–water partition coefficient (Wildman–Crippen LogP) is 3.42. The number of carbonyl (C=O) groups is 1. The van der Waals surface area contributed by atoms with Crippen LogP contribution in [0.1, 0.15) is 5.56 Å². The van der Waals surface area contributed by atoms with Crippen molar-refractivity contribution in [2.45, 2.75) is 0 Å². The van der Waals surface area contributed by atoms with E-state index in [1.807, 2.05) is 10.9 Å². The molecule has 0 heterocycles. The van der Waals surface area contributed by atoms with Crippen LogP contribution in [-0.4, -0.2) is 20.1 Å². The van der Waals surface area contributed by atoms with Gasteiger partial charge in [0.2, 0.25) is 0 Å². The van der Waals surface area contributed by atoms with Crippen molar-refractivity contribution in [1.82, 2.24) is 5.43 Å². The predicted molar refractivity (Wildman–Crippen MR) is 86.6 cm³/mol. The summed E-state index contributed by atoms with van der Waals surface area (Å²) >= 11 is 0. The van der Waals surface area contributed by atoms with E-state index in [1.54, 1.807) is 18.2 Å². The van der Waals surface area contributed by atoms with E-state index in [0.29, 0.717) is 17.1 Å². The van der Waals surface area contributed by atoms with E-state index in [0.717, 1.165) is 6.08 Å². The summed E-state index contributed by atoms with van der Waals surface area (Å²) in [5, 5.41) is 0. The van der Waals surface area contributed by atoms with Crippen molar-refractivity contribution in [2.75, 3.05) is 19.6 Å². The average Bonchev–Trinajstić information content (AvgIpc) is 2.64. The summed E-state index contributed by atoms with van der Waals surface area (Å²) in [7, 11) is 2.92. The van der Waals surface area contributed by atoms with Crippen molar-refractivity contribution >= 4 is 17.7 Å². The van der Waals surface area contributed by atoms with Crippen molar-refractivity contribution in [2.24, 2.45) is 0 Å². The summed E-state index contributed by atoms with van der Waals surface area (Å²) < 4.78 is 63.3. The second-order valence-corrected chi connectivity index (χ2v) is 4.91. The third-order valence-electron chi connectivity index (χ3n) is 3.26. The van der Waals surface area contributed by atoms with Gasteiger partial charge in [0.05, 0.1) is 14.2 Å². The molecule has 138 valence electrons. The molecule has 0 radical (unpaired) electrons. The topological polar surface area (TPSA) is 59.6 Å². The van der Waals surface area contributed by atoms with E-state index in [9.17, 15) is 22.4 Å². The molecule has 26 heavy (non-hydrogen) atoms. The van der Waals surface area contributed by atoms with E-state index in [-0.39, 0.29) is 6.07 Å². The zero-order valence-electron chi connectivity index (χ0n) is 13.7. The maximum atomic E-state index is 13.5. The molecule has 2 N–H and O–H groups in total. The molecule has 0 aromatic heterocycles. The maximum Gasteiger partial charge on any atom is 0.262 e. The largest absolute Gasteiger partial charge is 0.493 e. The second-order valence-electron chi connectivity index (χ2n) is 4.91. The Balaban J connectivity index is 2.07. The molecule has 1 amide bonds. The first-order chi connectivity index (χ1) is 12.4. The molecule has 0 atom stereocenters. The van der Waals surface area contributed by atoms with E-state index >= 15 is 0 Å². The van der Waals surface area contributed by atoms with Gasteiger partial charge >= 0.3 is 0 Å². The van der Waals surface area contributed by atoms with Crippen LogP contribution < -0.4 is 20.3 Å². The normalized spacial score (nSPS) is 10.7. The van der Waals surface area contributed by atoms with E-state index < -0.39 is 34.9 Å². The van der Waals surface area contributed by atoms with E-state index in [1.165, 1.54) is 20.3 Å². The van der Waals surface area contributed by atoms with Crippen LogP contribution in [0, 0.1) is 23.3 Å². The number of ether oxygens (including phenoxy) is 2. The van der Waals surface area contributed by atoms with Crippen molar-refractivity contribution in [1.29, 1.82) is 0 Å². The Hall–Kier alpha value is -3.23. The van der Waals surface area contributed by atoms with E-state index in [2.05, 4.69) is 0 Å². The average molecular weight is 370 g/mol. The Morgan fingerprint density at radius 1 is 0.962 bits per heavy atom. The lowest BCUT2D eigenvalue weighted by atomic mass is 10.2. The molecule has 2 rings (SSSR count). The third-order valence-corrected chi connectivity index (χ3v) is 3.26. The highest BCUT2D eigenvalue weighted by molar-refractivity contribution is 5.92. The lowest BCUT2D eigenvalue weighted by Crippen LogP contribution is -2.29. The van der Waals surface area contributed by atoms with Crippen LogP contribution in [0.2, 0.25) is 0 Å². The highest BCUT2D eigenvalue weighted by atomic mass is 19.2. The molecule has 0 saturated heterocycles. The number of anilines is 1. The second kappa shape index (κ2) is 8.24. The smallest absolute Gasteiger partial charge is 0.262 e. The van der Waals surface area contributed by atoms with E-state index in [4.69, 9.17) is 9.47 Å². The summed E-state index contributed by atoms with van der Waals surface area (Å²) in [6.45, 7) is 0. The van der Waals surface area contributed by atoms with Crippen molar-refractivity contribution in [3.05, 3.63) is 59.2 Å². The standard InChI is InChI=1S/C17H14F4N2O3/c1-25-12-5-3-9(7-13(12)26-2)4-6-14(24)22-23-17-15(20)10(18)8-11(19)16(17)21/h3-8,23H,1-2H3,(H,22,24)/b6-4+. The fraction of sp³-hybridized carbons (Fsp3) is 0.118. The van der Waals surface area contributed by atoms with Gasteiger partial charge in [-0.3, -0.25) is 15.6 Å². The van der Waals surface area contributed by atoms with Gasteiger partial charge in [0.1, 0.15) is 5.69 Å². The Kier molecular flexibility index (Phi) is 6.05. The van der Waals surface area contributed by atoms with Crippen LogP contribution in [0.4, 0.5) is 23.2 Å². The quantitative estimate of drug-likeness (QED) is 0.354. The first kappa shape index (κ1) is 19.1. The molecule has 9 heteroatoms. The number of hydrazine groups is 1. The summed E-state index contributed by atoms with van der Waals surface area (Å²) in [6, 6.07) is 4.92. The van der Waals surface area contributed by atoms with Gasteiger partial charge in [-0.25, -0.2) is 17.6 Å². The molecule has 0 spiro atoms. The van der Waals surface area contributed by atoms with Gasteiger partial charge in [0.15, 0.2) is 34.8 Å². The number of hydrogen-bond acceptors (Lipinski definition) is 4. The number of benzene rings is 2. The molecule has 5 nitrogen and oxygen atoms in total. The van der Waals surface area contributed by atoms with Gasteiger partial charge in [-0.15, -0.1) is 0 Å². The number of methoxy groups -OCH3 is 2. The van der Waals surface area contributed by atoms with Crippen molar-refractivity contribution < 1.29 is 31.8 Å². The van der Waals surface area contributed by atoms with Gasteiger partial charge in [-0.1, -0.05) is 6.07 Å². The fourth-order valence-electron chi connectivity index (χ4n) is 1.98. The lowest BCUT2D eigenvalue weighted by molar-refractivity contribution is -0.116. The van der Waals surface area contributed by atoms with Crippen LogP contribution in [0.5, 0.6) is 11.5 Å². The minimum atomic E-state index is -1.66. The zero-order valence-corrected chi connectivity index (χ0v) is 13.7. The van der Waals surface area contributed by atoms with Gasteiger partial charge < -0.3 is 9.47 Å². The number of carbonyl (C=O) groups excluding carboxylic acids is 1. The zero-order chi connectivity index (χ0) is 19.3. The molecule has 0 aliphatic carbocycles. The van der Waals surface area contributed by atoms with Crippen LogP contribution in [0.3, 0.4) is 0 Å². The summed E-state index contributed by atoms with van der Waals surface area (Å²) in [4.78, 5) is 11.7. The monoisotopic (exact) mass is 370 g/mol. The molecule has 0 bridgehead atoms. The maximum absolute atomic E-state index is 13.5. The van der Waals surface area contributed by atoms with Crippen molar-refractivity contribution in [3.63, 3.8) is 0 Å². The van der Waals surface area contributed by atoms with Gasteiger partial charge in [-0.05, 0) is 23.8 Å². The van der Waals surface area contributed by atoms with Crippen LogP contribution in [-0.2, 0) is 4.79 Å². The van der Waals surface area contributed by atoms with Crippen LogP contribution in [0.25, 0.3) is 6.08 Å². The summed E-state index contributed by atoms with van der Waals surface area (Å²) in [5.41, 5.74) is 3.16. The lowest BCUT2D eigenvalue weighted by Gasteiger charge is -2.10. The minimum absolute atomic E-state index is 0.0641. The molecular weight excluding hydrogens is 356 g/mol. The molecule has 0 aliphatic heterocycles. The fourth-order valence-corrected chi connectivity index (χ4v) is 1.98. The molecule has 2 aromatic carbocycles. The summed E-state index contributed by atoms with van der Waals surface area (Å²) in [6.07, 6.45) is 2.43. The van der Waals surface area contributed by atoms with Crippen LogP contribution in [0.15, 0.2) is 30.3 Å². The minimum Gasteiger partial charge on any atom is -0.493 e. The molecule has 2 aromatic rings. The molecule has 0 unspecified atom stereocenters. The number of rotatable bonds is 6. The molecule has 0 saturated carbocycles. The van der Waals surface area contributed by atoms with Crippen molar-refractivity contribution in [3.8, 4) is 11.5 Å². The number of hydrogen-bond donors (Lipinski definition) is 2. The Bertz CT molecular complexity index is 830. The first-order valence-electron chi connectivity index (χ1n) is 7.16. The Labute approximate surface area is 146 Å². The SMILES string of the molecule is COc1ccc(/C=C/C(=O)NNc2c(F)c(F)cc(F)c2F)cc1OC. The Morgan fingerprint density at radius 3 is 2.15 bits per heavy atom. The van der Waals surface area contributed by atoms with Gasteiger partial charge in [-0.2, -0.15) is 0 Å². The van der Waals surface area contributed by atoms with Crippen LogP contribution >= 0.6 is 0 Å². The number of amides is 1. The van der Waals surface area contributed by atoms with Gasteiger partial charge in [0, 0.05) is 12.1 Å².